The van der Waals surface area contributed by atoms with E-state index in [1.54, 1.807) is 26.4 Å². The van der Waals surface area contributed by atoms with E-state index in [2.05, 4.69) is 22.0 Å². The quantitative estimate of drug-likeness (QED) is 0.490. The van der Waals surface area contributed by atoms with E-state index in [-0.39, 0.29) is 16.9 Å². The molecule has 2 aliphatic rings. The largest absolute Gasteiger partial charge is 0.493 e. The number of ether oxygens (including phenoxy) is 2. The number of amides is 1. The highest BCUT2D eigenvalue weighted by Gasteiger charge is 2.45. The van der Waals surface area contributed by atoms with Gasteiger partial charge in [0.05, 0.1) is 30.5 Å². The van der Waals surface area contributed by atoms with Gasteiger partial charge in [0.25, 0.3) is 5.56 Å². The number of carbonyl (C=O) groups excluding carboxylic acids is 1. The van der Waals surface area contributed by atoms with Crippen molar-refractivity contribution in [1.82, 2.24) is 14.9 Å². The zero-order chi connectivity index (χ0) is 26.0. The number of carbonyl (C=O) groups is 1. The first-order chi connectivity index (χ1) is 17.9. The predicted octanol–water partition coefficient (Wildman–Crippen LogP) is 4.38. The molecule has 1 aliphatic heterocycles. The predicted molar refractivity (Wildman–Crippen MR) is 144 cm³/mol. The molecule has 37 heavy (non-hydrogen) atoms. The molecular weight excluding hydrogens is 468 g/mol. The number of H-pyrrole nitrogens is 1. The molecule has 0 atom stereocenters. The molecule has 3 aromatic rings. The third-order valence-electron chi connectivity index (χ3n) is 8.19. The Kier molecular flexibility index (Phi) is 7.09. The summed E-state index contributed by atoms with van der Waals surface area (Å²) in [6, 6.07) is 13.6. The van der Waals surface area contributed by atoms with E-state index >= 15 is 0 Å². The Morgan fingerprint density at radius 2 is 1.78 bits per heavy atom. The van der Waals surface area contributed by atoms with Crippen molar-refractivity contribution in [1.29, 1.82) is 0 Å². The third-order valence-corrected chi connectivity index (χ3v) is 8.19. The van der Waals surface area contributed by atoms with Crippen molar-refractivity contribution >= 4 is 22.8 Å². The summed E-state index contributed by atoms with van der Waals surface area (Å²) in [5.74, 6) is 2.42. The van der Waals surface area contributed by atoms with Crippen molar-refractivity contribution in [2.75, 3.05) is 39.3 Å². The fraction of sp³-hybridized carbons (Fsp3) is 0.483. The Bertz CT molecular complexity index is 1310. The number of hydrogen-bond donors (Lipinski definition) is 1. The molecule has 0 spiro atoms. The molecule has 0 unspecified atom stereocenters. The summed E-state index contributed by atoms with van der Waals surface area (Å²) in [4.78, 5) is 38.5. The molecule has 2 heterocycles. The summed E-state index contributed by atoms with van der Waals surface area (Å²) in [5, 5.41) is 0.454. The van der Waals surface area contributed by atoms with Gasteiger partial charge in [-0.15, -0.1) is 0 Å². The first kappa shape index (κ1) is 25.1. The van der Waals surface area contributed by atoms with Crippen LogP contribution in [0.1, 0.15) is 44.1 Å². The van der Waals surface area contributed by atoms with Crippen LogP contribution < -0.4 is 19.9 Å². The van der Waals surface area contributed by atoms with E-state index in [9.17, 15) is 9.59 Å². The highest BCUT2D eigenvalue weighted by atomic mass is 16.5. The second kappa shape index (κ2) is 10.4. The Labute approximate surface area is 217 Å². The number of rotatable bonds is 8. The zero-order valence-corrected chi connectivity index (χ0v) is 22.0. The van der Waals surface area contributed by atoms with Gasteiger partial charge in [-0.25, -0.2) is 4.98 Å². The lowest BCUT2D eigenvalue weighted by molar-refractivity contribution is -0.144. The van der Waals surface area contributed by atoms with Gasteiger partial charge >= 0.3 is 0 Å². The molecule has 1 aromatic heterocycles. The first-order valence-electron chi connectivity index (χ1n) is 13.1. The normalized spacial score (nSPS) is 17.3. The van der Waals surface area contributed by atoms with Crippen LogP contribution >= 0.6 is 0 Å². The van der Waals surface area contributed by atoms with Crippen LogP contribution in [0.2, 0.25) is 0 Å². The minimum absolute atomic E-state index is 0.217. The van der Waals surface area contributed by atoms with Crippen molar-refractivity contribution in [2.45, 2.75) is 45.1 Å². The number of nitrogens with zero attached hydrogens (tertiary/aromatic N) is 3. The molecular formula is C29H36N4O4. The number of benzene rings is 2. The van der Waals surface area contributed by atoms with Gasteiger partial charge < -0.3 is 19.3 Å². The second-order valence-corrected chi connectivity index (χ2v) is 10.5. The van der Waals surface area contributed by atoms with Crippen LogP contribution in [0.15, 0.2) is 47.3 Å². The van der Waals surface area contributed by atoms with Crippen molar-refractivity contribution in [3.05, 3.63) is 58.4 Å². The molecule has 1 N–H and O–H groups in total. The van der Waals surface area contributed by atoms with Gasteiger partial charge in [0.15, 0.2) is 11.5 Å². The molecule has 8 nitrogen and oxygen atoms in total. The average molecular weight is 505 g/mol. The van der Waals surface area contributed by atoms with Crippen LogP contribution in [0.3, 0.4) is 0 Å². The Morgan fingerprint density at radius 3 is 2.41 bits per heavy atom. The van der Waals surface area contributed by atoms with Gasteiger partial charge in [-0.3, -0.25) is 14.6 Å². The first-order valence-corrected chi connectivity index (χ1v) is 13.1. The lowest BCUT2D eigenvalue weighted by atomic mass is 9.66. The number of methoxy groups -OCH3 is 2. The van der Waals surface area contributed by atoms with Gasteiger partial charge in [-0.1, -0.05) is 49.6 Å². The smallest absolute Gasteiger partial charge is 0.260 e. The number of piperidine rings is 1. The number of anilines is 1. The van der Waals surface area contributed by atoms with Crippen LogP contribution in [0.4, 0.5) is 5.95 Å². The maximum Gasteiger partial charge on any atom is 0.260 e. The number of aromatic amines is 1. The minimum Gasteiger partial charge on any atom is -0.493 e. The van der Waals surface area contributed by atoms with Gasteiger partial charge in [0.2, 0.25) is 11.9 Å². The second-order valence-electron chi connectivity index (χ2n) is 10.5. The molecule has 196 valence electrons. The van der Waals surface area contributed by atoms with Gasteiger partial charge in [-0.05, 0) is 36.8 Å². The number of nitrogens with one attached hydrogen (secondary N) is 1. The van der Waals surface area contributed by atoms with E-state index in [1.807, 2.05) is 30.1 Å². The zero-order valence-electron chi connectivity index (χ0n) is 22.0. The number of hydrogen-bond acceptors (Lipinski definition) is 6. The van der Waals surface area contributed by atoms with Gasteiger partial charge in [-0.2, -0.15) is 0 Å². The minimum atomic E-state index is -0.376. The molecule has 1 saturated carbocycles. The van der Waals surface area contributed by atoms with Gasteiger partial charge in [0.1, 0.15) is 0 Å². The Hall–Kier alpha value is -3.55. The highest BCUT2D eigenvalue weighted by molar-refractivity contribution is 5.84. The molecule has 1 aliphatic carbocycles. The lowest BCUT2D eigenvalue weighted by Gasteiger charge is -2.45. The fourth-order valence-electron chi connectivity index (χ4n) is 5.84. The third kappa shape index (κ3) is 5.02. The fourth-order valence-corrected chi connectivity index (χ4v) is 5.84. The molecule has 5 rings (SSSR count). The summed E-state index contributed by atoms with van der Waals surface area (Å²) >= 11 is 0. The van der Waals surface area contributed by atoms with E-state index in [4.69, 9.17) is 14.5 Å². The topological polar surface area (TPSA) is 87.8 Å². The van der Waals surface area contributed by atoms with E-state index < -0.39 is 0 Å². The standard InChI is InChI=1S/C29H36N4O4/c1-32(19-21-8-5-4-6-9-21)27(35)29(18-20-10-7-11-20)12-14-33(15-13-29)28-30-23-17-25(37-3)24(36-2)16-22(23)26(34)31-28/h4-6,8-9,16-17,20H,7,10-15,18-19H2,1-3H3,(H,30,31,34). The molecule has 8 heteroatoms. The highest BCUT2D eigenvalue weighted by Crippen LogP contribution is 2.45. The van der Waals surface area contributed by atoms with Crippen molar-refractivity contribution < 1.29 is 14.3 Å². The summed E-state index contributed by atoms with van der Waals surface area (Å²) in [6.45, 7) is 1.94. The van der Waals surface area contributed by atoms with Crippen molar-refractivity contribution in [2.24, 2.45) is 11.3 Å². The van der Waals surface area contributed by atoms with Crippen molar-refractivity contribution in [3.8, 4) is 11.5 Å². The average Bonchev–Trinajstić information content (AvgIpc) is 2.90. The summed E-state index contributed by atoms with van der Waals surface area (Å²) in [7, 11) is 5.03. The maximum atomic E-state index is 13.9. The molecule has 2 aromatic carbocycles. The van der Waals surface area contributed by atoms with E-state index in [0.29, 0.717) is 53.9 Å². The SMILES string of the molecule is COc1cc2nc(N3CCC(CC4CCC4)(C(=O)N(C)Cc4ccccc4)CC3)[nH]c(=O)c2cc1OC. The van der Waals surface area contributed by atoms with Crippen LogP contribution in [0.5, 0.6) is 11.5 Å². The Morgan fingerprint density at radius 1 is 1.11 bits per heavy atom. The van der Waals surface area contributed by atoms with Crippen LogP contribution in [0.25, 0.3) is 10.9 Å². The molecule has 1 amide bonds. The van der Waals surface area contributed by atoms with E-state index in [1.165, 1.54) is 19.3 Å². The van der Waals surface area contributed by atoms with Crippen LogP contribution in [-0.4, -0.2) is 55.1 Å². The molecule has 2 fully saturated rings. The van der Waals surface area contributed by atoms with Gasteiger partial charge in [0, 0.05) is 32.7 Å². The number of aromatic nitrogens is 2. The lowest BCUT2D eigenvalue weighted by Crippen LogP contribution is -2.51. The van der Waals surface area contributed by atoms with Crippen molar-refractivity contribution in [3.63, 3.8) is 0 Å². The molecule has 0 radical (unpaired) electrons. The van der Waals surface area contributed by atoms with Crippen LogP contribution in [-0.2, 0) is 11.3 Å². The molecule has 0 bridgehead atoms. The van der Waals surface area contributed by atoms with E-state index in [0.717, 1.165) is 24.8 Å². The Balaban J connectivity index is 1.37. The molecule has 1 saturated heterocycles. The summed E-state index contributed by atoms with van der Waals surface area (Å²) < 4.78 is 10.7. The monoisotopic (exact) mass is 504 g/mol. The summed E-state index contributed by atoms with van der Waals surface area (Å²) in [6.07, 6.45) is 6.12. The van der Waals surface area contributed by atoms with Crippen LogP contribution in [0, 0.1) is 11.3 Å². The maximum absolute atomic E-state index is 13.9. The number of fused-ring (bicyclic) bond motifs is 1. The summed E-state index contributed by atoms with van der Waals surface area (Å²) in [5.41, 5.74) is 1.10.